The highest BCUT2D eigenvalue weighted by Crippen LogP contribution is 2.22. The van der Waals surface area contributed by atoms with Crippen LogP contribution in [-0.4, -0.2) is 35.4 Å². The molecule has 0 atom stereocenters. The number of carbonyl (C=O) groups excluding carboxylic acids is 2. The van der Waals surface area contributed by atoms with Gasteiger partial charge in [0, 0.05) is 18.2 Å². The van der Waals surface area contributed by atoms with Gasteiger partial charge in [-0.05, 0) is 61.4 Å². The van der Waals surface area contributed by atoms with Crippen LogP contribution in [0, 0.1) is 25.2 Å². The van der Waals surface area contributed by atoms with Crippen LogP contribution < -0.4 is 4.89 Å². The monoisotopic (exact) mass is 338 g/mol. The lowest BCUT2D eigenvalue weighted by atomic mass is 9.98. The third-order valence-electron chi connectivity index (χ3n) is 3.88. The van der Waals surface area contributed by atoms with Crippen molar-refractivity contribution in [2.75, 3.05) is 13.6 Å². The maximum absolute atomic E-state index is 12.6. The topological polar surface area (TPSA) is 90.6 Å². The number of nitrogens with zero attached hydrogens (tertiary/aromatic N) is 2. The summed E-state index contributed by atoms with van der Waals surface area (Å²) in [6.45, 7) is 3.40. The van der Waals surface area contributed by atoms with E-state index in [-0.39, 0.29) is 24.0 Å². The van der Waals surface area contributed by atoms with Crippen molar-refractivity contribution in [2.45, 2.75) is 13.8 Å². The normalized spacial score (nSPS) is 10.0. The molecule has 2 aromatic rings. The van der Waals surface area contributed by atoms with E-state index in [0.717, 1.165) is 0 Å². The van der Waals surface area contributed by atoms with Gasteiger partial charge in [-0.2, -0.15) is 5.26 Å². The largest absolute Gasteiger partial charge is 0.340 e. The van der Waals surface area contributed by atoms with E-state index in [9.17, 15) is 9.59 Å². The van der Waals surface area contributed by atoms with Gasteiger partial charge in [0.1, 0.15) is 0 Å². The van der Waals surface area contributed by atoms with Crippen LogP contribution in [0.2, 0.25) is 0 Å². The Labute approximate surface area is 145 Å². The number of rotatable bonds is 5. The Morgan fingerprint density at radius 3 is 2.20 bits per heavy atom. The molecule has 0 saturated heterocycles. The molecule has 6 heteroatoms. The van der Waals surface area contributed by atoms with Crippen molar-refractivity contribution in [3.8, 4) is 11.8 Å². The summed E-state index contributed by atoms with van der Waals surface area (Å²) in [7, 11) is 1.55. The SMILES string of the molecule is Cc1cc(OO)cc(C)c1C(=O)CN(C)C(=O)c1ccc(C#N)cc1. The Bertz CT molecular complexity index is 828. The second kappa shape index (κ2) is 7.60. The standard InChI is InChI=1S/C19H18N2O4/c1-12-8-16(25-24)9-13(2)18(12)17(22)11-21(3)19(23)15-6-4-14(10-20)5-7-15/h4-9,24H,11H2,1-3H3. The van der Waals surface area contributed by atoms with Gasteiger partial charge < -0.3 is 9.79 Å². The van der Waals surface area contributed by atoms with E-state index in [1.165, 1.54) is 4.90 Å². The summed E-state index contributed by atoms with van der Waals surface area (Å²) in [6, 6.07) is 11.4. The van der Waals surface area contributed by atoms with Crippen molar-refractivity contribution >= 4 is 11.7 Å². The molecule has 6 nitrogen and oxygen atoms in total. The zero-order chi connectivity index (χ0) is 18.6. The molecule has 0 bridgehead atoms. The van der Waals surface area contributed by atoms with E-state index < -0.39 is 0 Å². The van der Waals surface area contributed by atoms with Crippen LogP contribution in [-0.2, 0) is 0 Å². The molecule has 0 unspecified atom stereocenters. The Hall–Kier alpha value is -3.17. The summed E-state index contributed by atoms with van der Waals surface area (Å²) >= 11 is 0. The average Bonchev–Trinajstić information content (AvgIpc) is 2.60. The summed E-state index contributed by atoms with van der Waals surface area (Å²) in [6.07, 6.45) is 0. The number of nitriles is 1. The van der Waals surface area contributed by atoms with Gasteiger partial charge in [-0.25, -0.2) is 5.26 Å². The predicted octanol–water partition coefficient (Wildman–Crippen LogP) is 2.98. The van der Waals surface area contributed by atoms with Crippen LogP contribution in [0.5, 0.6) is 5.75 Å². The van der Waals surface area contributed by atoms with Crippen LogP contribution in [0.3, 0.4) is 0 Å². The summed E-state index contributed by atoms with van der Waals surface area (Å²) in [5, 5.41) is 17.5. The minimum absolute atomic E-state index is 0.0835. The number of hydrogen-bond acceptors (Lipinski definition) is 5. The zero-order valence-corrected chi connectivity index (χ0v) is 14.2. The number of Topliss-reactive ketones (excluding diaryl/α,β-unsaturated/α-hetero) is 1. The first-order valence-corrected chi connectivity index (χ1v) is 7.59. The maximum atomic E-state index is 12.6. The molecule has 0 spiro atoms. The van der Waals surface area contributed by atoms with Crippen LogP contribution in [0.25, 0.3) is 0 Å². The van der Waals surface area contributed by atoms with E-state index >= 15 is 0 Å². The molecule has 128 valence electrons. The van der Waals surface area contributed by atoms with E-state index in [2.05, 4.69) is 4.89 Å². The number of hydrogen-bond donors (Lipinski definition) is 1. The quantitative estimate of drug-likeness (QED) is 0.514. The smallest absolute Gasteiger partial charge is 0.254 e. The minimum Gasteiger partial charge on any atom is -0.340 e. The van der Waals surface area contributed by atoms with Crippen LogP contribution in [0.15, 0.2) is 36.4 Å². The molecule has 0 fully saturated rings. The zero-order valence-electron chi connectivity index (χ0n) is 14.2. The number of amides is 1. The Kier molecular flexibility index (Phi) is 5.52. The first kappa shape index (κ1) is 18.2. The molecular weight excluding hydrogens is 320 g/mol. The second-order valence-electron chi connectivity index (χ2n) is 5.80. The molecule has 0 radical (unpaired) electrons. The van der Waals surface area contributed by atoms with Crippen molar-refractivity contribution in [2.24, 2.45) is 0 Å². The lowest BCUT2D eigenvalue weighted by Gasteiger charge is -2.18. The number of ketones is 1. The highest BCUT2D eigenvalue weighted by molar-refractivity contribution is 6.03. The third kappa shape index (κ3) is 4.03. The molecular formula is C19H18N2O4. The van der Waals surface area contributed by atoms with Crippen molar-refractivity contribution < 1.29 is 19.7 Å². The van der Waals surface area contributed by atoms with Crippen molar-refractivity contribution in [3.63, 3.8) is 0 Å². The number of carbonyl (C=O) groups is 2. The number of benzene rings is 2. The maximum Gasteiger partial charge on any atom is 0.254 e. The highest BCUT2D eigenvalue weighted by Gasteiger charge is 2.19. The number of likely N-dealkylation sites (N-methyl/N-ethyl adjacent to an activating group) is 1. The predicted molar refractivity (Wildman–Crippen MR) is 91.6 cm³/mol. The first-order valence-electron chi connectivity index (χ1n) is 7.59. The lowest BCUT2D eigenvalue weighted by Crippen LogP contribution is -2.32. The number of aryl methyl sites for hydroxylation is 2. The van der Waals surface area contributed by atoms with Gasteiger partial charge >= 0.3 is 0 Å². The molecule has 2 rings (SSSR count). The van der Waals surface area contributed by atoms with Gasteiger partial charge in [-0.15, -0.1) is 0 Å². The Morgan fingerprint density at radius 2 is 1.72 bits per heavy atom. The van der Waals surface area contributed by atoms with Crippen LogP contribution in [0.1, 0.15) is 37.4 Å². The molecule has 0 aromatic heterocycles. The molecule has 0 saturated carbocycles. The molecule has 0 heterocycles. The fourth-order valence-electron chi connectivity index (χ4n) is 2.69. The molecule has 2 aromatic carbocycles. The highest BCUT2D eigenvalue weighted by atomic mass is 17.1. The van der Waals surface area contributed by atoms with Gasteiger partial charge in [-0.3, -0.25) is 9.59 Å². The van der Waals surface area contributed by atoms with E-state index in [4.69, 9.17) is 10.5 Å². The van der Waals surface area contributed by atoms with E-state index in [0.29, 0.717) is 27.8 Å². The first-order chi connectivity index (χ1) is 11.9. The van der Waals surface area contributed by atoms with Gasteiger partial charge in [0.15, 0.2) is 11.5 Å². The van der Waals surface area contributed by atoms with E-state index in [1.807, 2.05) is 6.07 Å². The van der Waals surface area contributed by atoms with Crippen molar-refractivity contribution in [3.05, 3.63) is 64.2 Å². The summed E-state index contributed by atoms with van der Waals surface area (Å²) in [5.41, 5.74) is 2.70. The second-order valence-corrected chi connectivity index (χ2v) is 5.80. The van der Waals surface area contributed by atoms with Crippen molar-refractivity contribution in [1.82, 2.24) is 4.90 Å². The van der Waals surface area contributed by atoms with Gasteiger partial charge in [0.25, 0.3) is 5.91 Å². The molecule has 0 aliphatic rings. The molecule has 1 N–H and O–H groups in total. The molecule has 0 aliphatic carbocycles. The molecule has 25 heavy (non-hydrogen) atoms. The molecule has 0 aliphatic heterocycles. The van der Waals surface area contributed by atoms with Gasteiger partial charge in [0.05, 0.1) is 18.2 Å². The van der Waals surface area contributed by atoms with E-state index in [1.54, 1.807) is 57.3 Å². The van der Waals surface area contributed by atoms with Gasteiger partial charge in [0.2, 0.25) is 0 Å². The fraction of sp³-hybridized carbons (Fsp3) is 0.211. The summed E-state index contributed by atoms with van der Waals surface area (Å²) in [5.74, 6) is -0.249. The van der Waals surface area contributed by atoms with Crippen LogP contribution in [0.4, 0.5) is 0 Å². The lowest BCUT2D eigenvalue weighted by molar-refractivity contribution is -0.137. The van der Waals surface area contributed by atoms with Crippen LogP contribution >= 0.6 is 0 Å². The Balaban J connectivity index is 2.17. The van der Waals surface area contributed by atoms with Gasteiger partial charge in [-0.1, -0.05) is 0 Å². The average molecular weight is 338 g/mol. The third-order valence-corrected chi connectivity index (χ3v) is 3.88. The van der Waals surface area contributed by atoms with Crippen molar-refractivity contribution in [1.29, 1.82) is 5.26 Å². The molecule has 1 amide bonds. The minimum atomic E-state index is -0.302. The summed E-state index contributed by atoms with van der Waals surface area (Å²) in [4.78, 5) is 30.6. The Morgan fingerprint density at radius 1 is 1.16 bits per heavy atom. The summed E-state index contributed by atoms with van der Waals surface area (Å²) < 4.78 is 0. The fourth-order valence-corrected chi connectivity index (χ4v) is 2.69.